The summed E-state index contributed by atoms with van der Waals surface area (Å²) in [4.78, 5) is 23.5. The van der Waals surface area contributed by atoms with E-state index in [4.69, 9.17) is 11.6 Å². The Morgan fingerprint density at radius 2 is 1.91 bits per heavy atom. The van der Waals surface area contributed by atoms with Crippen LogP contribution in [0.1, 0.15) is 15.9 Å². The second-order valence-electron chi connectivity index (χ2n) is 4.67. The Labute approximate surface area is 141 Å². The van der Waals surface area contributed by atoms with E-state index in [1.807, 2.05) is 0 Å². The van der Waals surface area contributed by atoms with E-state index in [0.29, 0.717) is 16.1 Å². The van der Waals surface area contributed by atoms with Crippen molar-refractivity contribution < 1.29 is 14.7 Å². The number of carbonyl (C=O) groups excluding carboxylic acids is 1. The van der Waals surface area contributed by atoms with Gasteiger partial charge in [0.25, 0.3) is 5.91 Å². The molecule has 0 radical (unpaired) electrons. The van der Waals surface area contributed by atoms with Gasteiger partial charge in [0.15, 0.2) is 0 Å². The van der Waals surface area contributed by atoms with E-state index in [1.54, 1.807) is 48.5 Å². The van der Waals surface area contributed by atoms with Crippen LogP contribution < -0.4 is 5.32 Å². The van der Waals surface area contributed by atoms with Crippen LogP contribution in [0.5, 0.6) is 0 Å². The number of carboxylic acids is 1. The highest BCUT2D eigenvalue weighted by atomic mass is 79.9. The number of aliphatic carboxylic acids is 1. The maximum Gasteiger partial charge on any atom is 0.326 e. The van der Waals surface area contributed by atoms with Gasteiger partial charge in [-0.15, -0.1) is 0 Å². The zero-order chi connectivity index (χ0) is 16.1. The summed E-state index contributed by atoms with van der Waals surface area (Å²) in [5.74, 6) is -1.55. The summed E-state index contributed by atoms with van der Waals surface area (Å²) in [7, 11) is 0. The molecule has 2 rings (SSSR count). The highest BCUT2D eigenvalue weighted by Crippen LogP contribution is 2.17. The molecular weight excluding hydrogens is 370 g/mol. The molecule has 2 N–H and O–H groups in total. The molecule has 0 unspecified atom stereocenters. The van der Waals surface area contributed by atoms with Crippen molar-refractivity contribution in [3.8, 4) is 0 Å². The van der Waals surface area contributed by atoms with E-state index in [9.17, 15) is 14.7 Å². The fraction of sp³-hybridized carbons (Fsp3) is 0.125. The highest BCUT2D eigenvalue weighted by Gasteiger charge is 2.22. The number of carboxylic acid groups (broad SMARTS) is 1. The zero-order valence-corrected chi connectivity index (χ0v) is 13.8. The van der Waals surface area contributed by atoms with E-state index < -0.39 is 17.9 Å². The van der Waals surface area contributed by atoms with Gasteiger partial charge in [-0.2, -0.15) is 0 Å². The lowest BCUT2D eigenvalue weighted by molar-refractivity contribution is -0.139. The molecule has 0 aromatic heterocycles. The van der Waals surface area contributed by atoms with Gasteiger partial charge in [0.2, 0.25) is 0 Å². The summed E-state index contributed by atoms with van der Waals surface area (Å²) < 4.78 is 0.748. The first-order valence-corrected chi connectivity index (χ1v) is 7.67. The predicted molar refractivity (Wildman–Crippen MR) is 88.2 cm³/mol. The van der Waals surface area contributed by atoms with Gasteiger partial charge in [0, 0.05) is 21.5 Å². The van der Waals surface area contributed by atoms with Crippen molar-refractivity contribution >= 4 is 39.4 Å². The molecule has 2 aromatic rings. The van der Waals surface area contributed by atoms with Crippen molar-refractivity contribution in [3.63, 3.8) is 0 Å². The first-order chi connectivity index (χ1) is 10.5. The van der Waals surface area contributed by atoms with Gasteiger partial charge in [-0.1, -0.05) is 51.8 Å². The standard InChI is InChI=1S/C16H13BrClNO3/c17-12-6-3-5-11(8-12)15(20)19-14(16(21)22)9-10-4-1-2-7-13(10)18/h1-8,14H,9H2,(H,19,20)(H,21,22)/t14-/m0/s1. The number of hydrogen-bond donors (Lipinski definition) is 2. The van der Waals surface area contributed by atoms with Crippen LogP contribution >= 0.6 is 27.5 Å². The molecule has 0 saturated heterocycles. The minimum atomic E-state index is -1.11. The Balaban J connectivity index is 2.14. The molecule has 0 saturated carbocycles. The van der Waals surface area contributed by atoms with Crippen molar-refractivity contribution in [2.45, 2.75) is 12.5 Å². The van der Waals surface area contributed by atoms with Gasteiger partial charge in [-0.05, 0) is 29.8 Å². The Morgan fingerprint density at radius 1 is 1.18 bits per heavy atom. The fourth-order valence-corrected chi connectivity index (χ4v) is 2.57. The summed E-state index contributed by atoms with van der Waals surface area (Å²) in [5, 5.41) is 12.3. The number of amides is 1. The molecule has 0 spiro atoms. The molecule has 2 aromatic carbocycles. The number of carbonyl (C=O) groups is 2. The van der Waals surface area contributed by atoms with Crippen LogP contribution in [0, 0.1) is 0 Å². The van der Waals surface area contributed by atoms with E-state index in [0.717, 1.165) is 4.47 Å². The van der Waals surface area contributed by atoms with E-state index >= 15 is 0 Å². The van der Waals surface area contributed by atoms with Gasteiger partial charge in [0.1, 0.15) is 6.04 Å². The normalized spacial score (nSPS) is 11.7. The third kappa shape index (κ3) is 4.32. The smallest absolute Gasteiger partial charge is 0.326 e. The quantitative estimate of drug-likeness (QED) is 0.831. The van der Waals surface area contributed by atoms with Crippen molar-refractivity contribution in [3.05, 3.63) is 69.2 Å². The summed E-state index contributed by atoms with van der Waals surface area (Å²) in [5.41, 5.74) is 1.06. The third-order valence-electron chi connectivity index (χ3n) is 3.07. The Kier molecular flexibility index (Phi) is 5.57. The summed E-state index contributed by atoms with van der Waals surface area (Å²) in [6, 6.07) is 12.7. The molecule has 0 fully saturated rings. The zero-order valence-electron chi connectivity index (χ0n) is 11.4. The molecule has 4 nitrogen and oxygen atoms in total. The second-order valence-corrected chi connectivity index (χ2v) is 5.99. The highest BCUT2D eigenvalue weighted by molar-refractivity contribution is 9.10. The van der Waals surface area contributed by atoms with Crippen LogP contribution in [0.4, 0.5) is 0 Å². The van der Waals surface area contributed by atoms with E-state index in [2.05, 4.69) is 21.2 Å². The average Bonchev–Trinajstić information content (AvgIpc) is 2.48. The number of nitrogens with one attached hydrogen (secondary N) is 1. The predicted octanol–water partition coefficient (Wildman–Crippen LogP) is 3.53. The van der Waals surface area contributed by atoms with Crippen molar-refractivity contribution in [2.75, 3.05) is 0 Å². The third-order valence-corrected chi connectivity index (χ3v) is 3.93. The summed E-state index contributed by atoms with van der Waals surface area (Å²) in [6.07, 6.45) is 0.120. The Morgan fingerprint density at radius 3 is 2.55 bits per heavy atom. The average molecular weight is 383 g/mol. The monoisotopic (exact) mass is 381 g/mol. The van der Waals surface area contributed by atoms with Crippen LogP contribution in [0.25, 0.3) is 0 Å². The van der Waals surface area contributed by atoms with Crippen LogP contribution in [-0.4, -0.2) is 23.0 Å². The summed E-state index contributed by atoms with van der Waals surface area (Å²) in [6.45, 7) is 0. The molecule has 0 heterocycles. The molecular formula is C16H13BrClNO3. The molecule has 114 valence electrons. The van der Waals surface area contributed by atoms with Gasteiger partial charge >= 0.3 is 5.97 Å². The van der Waals surface area contributed by atoms with Gasteiger partial charge in [0.05, 0.1) is 0 Å². The van der Waals surface area contributed by atoms with Crippen molar-refractivity contribution in [1.82, 2.24) is 5.32 Å². The lowest BCUT2D eigenvalue weighted by Gasteiger charge is -2.15. The molecule has 22 heavy (non-hydrogen) atoms. The molecule has 0 aliphatic carbocycles. The molecule has 1 amide bonds. The maximum atomic E-state index is 12.2. The van der Waals surface area contributed by atoms with Crippen LogP contribution in [0.3, 0.4) is 0 Å². The van der Waals surface area contributed by atoms with Gasteiger partial charge < -0.3 is 10.4 Å². The Hall–Kier alpha value is -1.85. The largest absolute Gasteiger partial charge is 0.480 e. The SMILES string of the molecule is O=C(N[C@@H](Cc1ccccc1Cl)C(=O)O)c1cccc(Br)c1. The van der Waals surface area contributed by atoms with Gasteiger partial charge in [-0.25, -0.2) is 4.79 Å². The molecule has 0 bridgehead atoms. The van der Waals surface area contributed by atoms with E-state index in [1.165, 1.54) is 0 Å². The van der Waals surface area contributed by atoms with Crippen LogP contribution in [0.15, 0.2) is 53.0 Å². The number of rotatable bonds is 5. The molecule has 6 heteroatoms. The summed E-state index contributed by atoms with van der Waals surface area (Å²) >= 11 is 9.31. The van der Waals surface area contributed by atoms with Crippen molar-refractivity contribution in [1.29, 1.82) is 0 Å². The first kappa shape index (κ1) is 16.5. The van der Waals surface area contributed by atoms with Gasteiger partial charge in [-0.3, -0.25) is 4.79 Å². The number of benzene rings is 2. The second kappa shape index (κ2) is 7.42. The minimum Gasteiger partial charge on any atom is -0.480 e. The minimum absolute atomic E-state index is 0.120. The number of hydrogen-bond acceptors (Lipinski definition) is 2. The van der Waals surface area contributed by atoms with Crippen LogP contribution in [0.2, 0.25) is 5.02 Å². The van der Waals surface area contributed by atoms with Crippen molar-refractivity contribution in [2.24, 2.45) is 0 Å². The van der Waals surface area contributed by atoms with E-state index in [-0.39, 0.29) is 6.42 Å². The lowest BCUT2D eigenvalue weighted by Crippen LogP contribution is -2.42. The first-order valence-electron chi connectivity index (χ1n) is 6.50. The molecule has 0 aliphatic rings. The molecule has 0 aliphatic heterocycles. The fourth-order valence-electron chi connectivity index (χ4n) is 1.96. The number of halogens is 2. The van der Waals surface area contributed by atoms with Crippen LogP contribution in [-0.2, 0) is 11.2 Å². The lowest BCUT2D eigenvalue weighted by atomic mass is 10.1. The Bertz CT molecular complexity index is 705. The topological polar surface area (TPSA) is 66.4 Å². The maximum absolute atomic E-state index is 12.2. The molecule has 1 atom stereocenters.